The monoisotopic (exact) mass is 389 g/mol. The van der Waals surface area contributed by atoms with E-state index in [9.17, 15) is 15.2 Å². The summed E-state index contributed by atoms with van der Waals surface area (Å²) in [5.41, 5.74) is 5.63. The number of nitrogens with zero attached hydrogens (tertiary/aromatic N) is 3. The number of nitrogens with two attached hydrogens (primary N) is 1. The number of nitro benzene ring substituents is 1. The van der Waals surface area contributed by atoms with Crippen LogP contribution in [0.2, 0.25) is 5.02 Å². The maximum Gasteiger partial charge on any atom is 0.312 e. The van der Waals surface area contributed by atoms with Crippen molar-refractivity contribution < 1.29 is 10.0 Å². The molecule has 132 valence electrons. The Labute approximate surface area is 157 Å². The van der Waals surface area contributed by atoms with Gasteiger partial charge < -0.3 is 16.2 Å². The summed E-state index contributed by atoms with van der Waals surface area (Å²) < 4.78 is 0. The number of nitrogen functional groups attached to an aromatic ring is 1. The zero-order valence-electron chi connectivity index (χ0n) is 13.1. The number of phenols is 1. The predicted molar refractivity (Wildman–Crippen MR) is 100 cm³/mol. The molecule has 0 aliphatic heterocycles. The Kier molecular flexibility index (Phi) is 5.10. The average molecular weight is 390 g/mol. The molecule has 0 atom stereocenters. The second-order valence-electron chi connectivity index (χ2n) is 5.08. The summed E-state index contributed by atoms with van der Waals surface area (Å²) in [6.45, 7) is 0. The molecule has 0 saturated heterocycles. The Bertz CT molecular complexity index is 969. The maximum atomic E-state index is 11.0. The van der Waals surface area contributed by atoms with Crippen LogP contribution in [0.4, 0.5) is 23.1 Å². The summed E-state index contributed by atoms with van der Waals surface area (Å²) in [6.07, 6.45) is 1.55. The molecule has 8 nitrogen and oxygen atoms in total. The fourth-order valence-electron chi connectivity index (χ4n) is 2.06. The molecular formula is C16H12ClN5O3S. The Morgan fingerprint density at radius 1 is 1.23 bits per heavy atom. The van der Waals surface area contributed by atoms with Gasteiger partial charge in [0.1, 0.15) is 5.82 Å². The standard InChI is InChI=1S/C16H12ClN5O3S/c17-9-1-4-11(5-2-9)26-14-8-19-16(18)21-15(14)20-10-3-6-13(23)12(7-10)22(24)25/h1-8,23H,(H3,18,19,20,21). The molecule has 0 aliphatic carbocycles. The van der Waals surface area contributed by atoms with Crippen molar-refractivity contribution in [3.63, 3.8) is 0 Å². The number of nitrogens with one attached hydrogen (secondary N) is 1. The SMILES string of the molecule is Nc1ncc(Sc2ccc(Cl)cc2)c(Nc2ccc(O)c([N+](=O)[O-])c2)n1. The molecule has 26 heavy (non-hydrogen) atoms. The quantitative estimate of drug-likeness (QED) is 0.336. The van der Waals surface area contributed by atoms with Gasteiger partial charge in [-0.1, -0.05) is 23.4 Å². The van der Waals surface area contributed by atoms with Crippen LogP contribution < -0.4 is 11.1 Å². The molecule has 2 aromatic carbocycles. The number of benzene rings is 2. The van der Waals surface area contributed by atoms with Crippen LogP contribution in [0.15, 0.2) is 58.5 Å². The van der Waals surface area contributed by atoms with Crippen molar-refractivity contribution >= 4 is 46.5 Å². The van der Waals surface area contributed by atoms with Gasteiger partial charge in [0.25, 0.3) is 0 Å². The van der Waals surface area contributed by atoms with E-state index in [4.69, 9.17) is 17.3 Å². The van der Waals surface area contributed by atoms with Crippen molar-refractivity contribution in [2.75, 3.05) is 11.1 Å². The lowest BCUT2D eigenvalue weighted by Crippen LogP contribution is -2.02. The number of rotatable bonds is 5. The van der Waals surface area contributed by atoms with Gasteiger partial charge in [-0.25, -0.2) is 4.98 Å². The number of phenolic OH excluding ortho intramolecular Hbond substituents is 1. The number of aromatic nitrogens is 2. The minimum absolute atomic E-state index is 0.0567. The molecule has 0 radical (unpaired) electrons. The van der Waals surface area contributed by atoms with E-state index in [-0.39, 0.29) is 5.95 Å². The molecule has 4 N–H and O–H groups in total. The molecule has 3 rings (SSSR count). The second-order valence-corrected chi connectivity index (χ2v) is 6.63. The van der Waals surface area contributed by atoms with Gasteiger partial charge in [-0.05, 0) is 36.4 Å². The summed E-state index contributed by atoms with van der Waals surface area (Å²) in [5.74, 6) is 0.0252. The van der Waals surface area contributed by atoms with Crippen LogP contribution in [0.1, 0.15) is 0 Å². The Morgan fingerprint density at radius 3 is 2.65 bits per heavy atom. The minimum atomic E-state index is -0.668. The van der Waals surface area contributed by atoms with E-state index in [2.05, 4.69) is 15.3 Å². The second kappa shape index (κ2) is 7.46. The Hall–Kier alpha value is -3.04. The lowest BCUT2D eigenvalue weighted by molar-refractivity contribution is -0.385. The van der Waals surface area contributed by atoms with Crippen LogP contribution >= 0.6 is 23.4 Å². The summed E-state index contributed by atoms with van der Waals surface area (Å²) in [4.78, 5) is 20.0. The first kappa shape index (κ1) is 17.8. The Balaban J connectivity index is 1.92. The van der Waals surface area contributed by atoms with Gasteiger partial charge in [-0.15, -0.1) is 0 Å². The smallest absolute Gasteiger partial charge is 0.312 e. The first-order valence-corrected chi connectivity index (χ1v) is 8.42. The number of anilines is 3. The summed E-state index contributed by atoms with van der Waals surface area (Å²) in [6, 6.07) is 11.2. The zero-order chi connectivity index (χ0) is 18.7. The van der Waals surface area contributed by atoms with E-state index in [1.807, 2.05) is 12.1 Å². The number of nitro groups is 1. The molecule has 0 bridgehead atoms. The number of hydrogen-bond acceptors (Lipinski definition) is 8. The molecule has 0 amide bonds. The molecule has 10 heteroatoms. The third-order valence-corrected chi connectivity index (χ3v) is 4.53. The minimum Gasteiger partial charge on any atom is -0.502 e. The number of halogens is 1. The normalized spacial score (nSPS) is 10.5. The highest BCUT2D eigenvalue weighted by atomic mass is 35.5. The van der Waals surface area contributed by atoms with Crippen molar-refractivity contribution in [2.45, 2.75) is 9.79 Å². The number of aromatic hydroxyl groups is 1. The molecule has 0 fully saturated rings. The molecule has 1 aromatic heterocycles. The highest BCUT2D eigenvalue weighted by Crippen LogP contribution is 2.35. The van der Waals surface area contributed by atoms with E-state index in [1.165, 1.54) is 30.0 Å². The van der Waals surface area contributed by atoms with E-state index in [0.717, 1.165) is 4.90 Å². The highest BCUT2D eigenvalue weighted by Gasteiger charge is 2.15. The molecule has 0 aliphatic rings. The molecule has 3 aromatic rings. The van der Waals surface area contributed by atoms with Gasteiger partial charge in [0.2, 0.25) is 5.95 Å². The molecule has 0 spiro atoms. The third kappa shape index (κ3) is 4.13. The van der Waals surface area contributed by atoms with Gasteiger partial charge in [0, 0.05) is 27.9 Å². The van der Waals surface area contributed by atoms with E-state index >= 15 is 0 Å². The molecule has 0 unspecified atom stereocenters. The lowest BCUT2D eigenvalue weighted by Gasteiger charge is -2.11. The van der Waals surface area contributed by atoms with E-state index in [1.54, 1.807) is 18.3 Å². The fraction of sp³-hybridized carbons (Fsp3) is 0. The molecular weight excluding hydrogens is 378 g/mol. The highest BCUT2D eigenvalue weighted by molar-refractivity contribution is 7.99. The molecule has 1 heterocycles. The van der Waals surface area contributed by atoms with Gasteiger partial charge >= 0.3 is 5.69 Å². The van der Waals surface area contributed by atoms with E-state index in [0.29, 0.717) is 21.4 Å². The lowest BCUT2D eigenvalue weighted by atomic mass is 10.2. The van der Waals surface area contributed by atoms with Crippen molar-refractivity contribution in [3.05, 3.63) is 63.8 Å². The third-order valence-electron chi connectivity index (χ3n) is 3.25. The van der Waals surface area contributed by atoms with Crippen molar-refractivity contribution in [3.8, 4) is 5.75 Å². The van der Waals surface area contributed by atoms with Crippen molar-refractivity contribution in [1.29, 1.82) is 0 Å². The van der Waals surface area contributed by atoms with Crippen LogP contribution in [0.3, 0.4) is 0 Å². The van der Waals surface area contributed by atoms with Crippen LogP contribution in [0, 0.1) is 10.1 Å². The summed E-state index contributed by atoms with van der Waals surface area (Å²) >= 11 is 7.27. The summed E-state index contributed by atoms with van der Waals surface area (Å²) in [7, 11) is 0. The summed E-state index contributed by atoms with van der Waals surface area (Å²) in [5, 5.41) is 24.1. The average Bonchev–Trinajstić information content (AvgIpc) is 2.60. The maximum absolute atomic E-state index is 11.0. The van der Waals surface area contributed by atoms with E-state index < -0.39 is 16.4 Å². The van der Waals surface area contributed by atoms with Gasteiger partial charge in [-0.3, -0.25) is 10.1 Å². The topological polar surface area (TPSA) is 127 Å². The first-order chi connectivity index (χ1) is 12.4. The fourth-order valence-corrected chi connectivity index (χ4v) is 3.01. The van der Waals surface area contributed by atoms with Crippen molar-refractivity contribution in [1.82, 2.24) is 9.97 Å². The van der Waals surface area contributed by atoms with Gasteiger partial charge in [-0.2, -0.15) is 4.98 Å². The van der Waals surface area contributed by atoms with Gasteiger partial charge in [0.15, 0.2) is 5.75 Å². The van der Waals surface area contributed by atoms with Crippen LogP contribution in [0.5, 0.6) is 5.75 Å². The first-order valence-electron chi connectivity index (χ1n) is 7.23. The Morgan fingerprint density at radius 2 is 1.96 bits per heavy atom. The predicted octanol–water partition coefficient (Wildman–Crippen LogP) is 4.22. The largest absolute Gasteiger partial charge is 0.502 e. The molecule has 0 saturated carbocycles. The van der Waals surface area contributed by atoms with Crippen LogP contribution in [-0.2, 0) is 0 Å². The van der Waals surface area contributed by atoms with Gasteiger partial charge in [0.05, 0.1) is 9.82 Å². The van der Waals surface area contributed by atoms with Crippen LogP contribution in [0.25, 0.3) is 0 Å². The zero-order valence-corrected chi connectivity index (χ0v) is 14.7. The van der Waals surface area contributed by atoms with Crippen molar-refractivity contribution in [2.24, 2.45) is 0 Å². The number of hydrogen-bond donors (Lipinski definition) is 3. The van der Waals surface area contributed by atoms with Crippen LogP contribution in [-0.4, -0.2) is 20.0 Å².